The smallest absolute Gasteiger partial charge is 0.0749 e. The summed E-state index contributed by atoms with van der Waals surface area (Å²) in [6.45, 7) is 4.26. The molecule has 18 heavy (non-hydrogen) atoms. The van der Waals surface area contributed by atoms with Gasteiger partial charge in [0.25, 0.3) is 0 Å². The van der Waals surface area contributed by atoms with Crippen LogP contribution >= 0.6 is 0 Å². The second-order valence-corrected chi connectivity index (χ2v) is 4.42. The normalized spacial score (nSPS) is 13.3. The van der Waals surface area contributed by atoms with Crippen LogP contribution in [0.3, 0.4) is 0 Å². The van der Waals surface area contributed by atoms with E-state index < -0.39 is 0 Å². The SMILES string of the molecule is CCC(N=C(C)c1ccccc1)c1ccccc1. The van der Waals surface area contributed by atoms with Gasteiger partial charge in [0.15, 0.2) is 0 Å². The molecule has 1 unspecified atom stereocenters. The lowest BCUT2D eigenvalue weighted by molar-refractivity contribution is 0.701. The van der Waals surface area contributed by atoms with Crippen molar-refractivity contribution in [1.82, 2.24) is 0 Å². The molecule has 0 saturated heterocycles. The van der Waals surface area contributed by atoms with Gasteiger partial charge in [0.1, 0.15) is 0 Å². The largest absolute Gasteiger partial charge is 0.281 e. The van der Waals surface area contributed by atoms with Crippen molar-refractivity contribution < 1.29 is 0 Å². The third-order valence-corrected chi connectivity index (χ3v) is 3.11. The molecule has 0 saturated carbocycles. The van der Waals surface area contributed by atoms with Crippen LogP contribution in [0.5, 0.6) is 0 Å². The maximum atomic E-state index is 4.85. The summed E-state index contributed by atoms with van der Waals surface area (Å²) in [7, 11) is 0. The second kappa shape index (κ2) is 6.15. The van der Waals surface area contributed by atoms with Gasteiger partial charge in [0.2, 0.25) is 0 Å². The Hall–Kier alpha value is -1.89. The Balaban J connectivity index is 2.25. The van der Waals surface area contributed by atoms with Crippen molar-refractivity contribution in [3.05, 3.63) is 71.8 Å². The van der Waals surface area contributed by atoms with Gasteiger partial charge in [-0.1, -0.05) is 67.6 Å². The van der Waals surface area contributed by atoms with E-state index in [0.29, 0.717) is 0 Å². The Morgan fingerprint density at radius 1 is 0.944 bits per heavy atom. The van der Waals surface area contributed by atoms with Crippen molar-refractivity contribution in [2.24, 2.45) is 4.99 Å². The molecular weight excluding hydrogens is 218 g/mol. The summed E-state index contributed by atoms with van der Waals surface area (Å²) in [6, 6.07) is 21.1. The standard InChI is InChI=1S/C17H19N/c1-3-17(16-12-8-5-9-13-16)18-14(2)15-10-6-4-7-11-15/h4-13,17H,3H2,1-2H3. The first-order valence-electron chi connectivity index (χ1n) is 6.46. The van der Waals surface area contributed by atoms with E-state index in [-0.39, 0.29) is 6.04 Å². The minimum atomic E-state index is 0.256. The molecule has 0 radical (unpaired) electrons. The van der Waals surface area contributed by atoms with Crippen molar-refractivity contribution in [2.75, 3.05) is 0 Å². The second-order valence-electron chi connectivity index (χ2n) is 4.42. The number of nitrogens with zero attached hydrogens (tertiary/aromatic N) is 1. The quantitative estimate of drug-likeness (QED) is 0.686. The summed E-state index contributed by atoms with van der Waals surface area (Å²) in [5, 5.41) is 0. The van der Waals surface area contributed by atoms with Gasteiger partial charge in [0, 0.05) is 5.71 Å². The molecule has 2 aromatic carbocycles. The minimum Gasteiger partial charge on any atom is -0.281 e. The Morgan fingerprint density at radius 2 is 1.50 bits per heavy atom. The molecule has 0 aliphatic rings. The van der Waals surface area contributed by atoms with Crippen LogP contribution < -0.4 is 0 Å². The number of rotatable bonds is 4. The Bertz CT molecular complexity index is 500. The highest BCUT2D eigenvalue weighted by atomic mass is 14.8. The van der Waals surface area contributed by atoms with Crippen LogP contribution in [-0.4, -0.2) is 5.71 Å². The monoisotopic (exact) mass is 237 g/mol. The zero-order valence-corrected chi connectivity index (χ0v) is 11.0. The number of hydrogen-bond acceptors (Lipinski definition) is 1. The van der Waals surface area contributed by atoms with E-state index in [1.165, 1.54) is 11.1 Å². The lowest BCUT2D eigenvalue weighted by Crippen LogP contribution is -2.00. The van der Waals surface area contributed by atoms with Crippen LogP contribution in [0.4, 0.5) is 0 Å². The zero-order valence-electron chi connectivity index (χ0n) is 11.0. The van der Waals surface area contributed by atoms with E-state index in [1.54, 1.807) is 0 Å². The van der Waals surface area contributed by atoms with Crippen LogP contribution in [-0.2, 0) is 0 Å². The van der Waals surface area contributed by atoms with Crippen molar-refractivity contribution in [2.45, 2.75) is 26.3 Å². The highest BCUT2D eigenvalue weighted by Gasteiger charge is 2.07. The van der Waals surface area contributed by atoms with Gasteiger partial charge >= 0.3 is 0 Å². The van der Waals surface area contributed by atoms with E-state index in [2.05, 4.69) is 62.4 Å². The fraction of sp³-hybridized carbons (Fsp3) is 0.235. The number of benzene rings is 2. The fourth-order valence-electron chi connectivity index (χ4n) is 2.06. The molecule has 0 bridgehead atoms. The Morgan fingerprint density at radius 3 is 2.06 bits per heavy atom. The van der Waals surface area contributed by atoms with E-state index in [9.17, 15) is 0 Å². The molecule has 0 fully saturated rings. The molecule has 0 aliphatic carbocycles. The highest BCUT2D eigenvalue weighted by molar-refractivity contribution is 5.98. The van der Waals surface area contributed by atoms with Gasteiger partial charge in [-0.25, -0.2) is 0 Å². The lowest BCUT2D eigenvalue weighted by Gasteiger charge is -2.12. The van der Waals surface area contributed by atoms with Crippen molar-refractivity contribution in [3.8, 4) is 0 Å². The summed E-state index contributed by atoms with van der Waals surface area (Å²) in [6.07, 6.45) is 1.02. The molecule has 2 rings (SSSR count). The molecule has 0 aliphatic heterocycles. The summed E-state index contributed by atoms with van der Waals surface area (Å²) in [5.74, 6) is 0. The third kappa shape index (κ3) is 3.07. The predicted molar refractivity (Wildman–Crippen MR) is 78.1 cm³/mol. The van der Waals surface area contributed by atoms with Gasteiger partial charge in [-0.2, -0.15) is 0 Å². The van der Waals surface area contributed by atoms with Gasteiger partial charge in [-0.15, -0.1) is 0 Å². The van der Waals surface area contributed by atoms with Gasteiger partial charge in [-0.05, 0) is 24.5 Å². The highest BCUT2D eigenvalue weighted by Crippen LogP contribution is 2.21. The molecule has 0 spiro atoms. The predicted octanol–water partition coefficient (Wildman–Crippen LogP) is 4.65. The van der Waals surface area contributed by atoms with E-state index >= 15 is 0 Å². The molecule has 0 N–H and O–H groups in total. The first kappa shape index (κ1) is 12.6. The topological polar surface area (TPSA) is 12.4 Å². The molecule has 0 heterocycles. The Labute approximate surface area is 109 Å². The summed E-state index contributed by atoms with van der Waals surface area (Å²) < 4.78 is 0. The summed E-state index contributed by atoms with van der Waals surface area (Å²) in [4.78, 5) is 4.85. The van der Waals surface area contributed by atoms with E-state index in [1.807, 2.05) is 12.1 Å². The minimum absolute atomic E-state index is 0.256. The van der Waals surface area contributed by atoms with Crippen molar-refractivity contribution >= 4 is 5.71 Å². The van der Waals surface area contributed by atoms with Crippen LogP contribution in [0.25, 0.3) is 0 Å². The number of hydrogen-bond donors (Lipinski definition) is 0. The average molecular weight is 237 g/mol. The zero-order chi connectivity index (χ0) is 12.8. The third-order valence-electron chi connectivity index (χ3n) is 3.11. The maximum Gasteiger partial charge on any atom is 0.0749 e. The first-order valence-corrected chi connectivity index (χ1v) is 6.46. The van der Waals surface area contributed by atoms with Crippen LogP contribution in [0, 0.1) is 0 Å². The van der Waals surface area contributed by atoms with Gasteiger partial charge in [-0.3, -0.25) is 4.99 Å². The maximum absolute atomic E-state index is 4.85. The Kier molecular flexibility index (Phi) is 4.30. The summed E-state index contributed by atoms with van der Waals surface area (Å²) in [5.41, 5.74) is 3.59. The van der Waals surface area contributed by atoms with Crippen molar-refractivity contribution in [3.63, 3.8) is 0 Å². The number of aliphatic imine (C=N–C) groups is 1. The lowest BCUT2D eigenvalue weighted by atomic mass is 10.0. The molecule has 1 nitrogen and oxygen atoms in total. The molecule has 0 amide bonds. The van der Waals surface area contributed by atoms with Gasteiger partial charge < -0.3 is 0 Å². The van der Waals surface area contributed by atoms with Crippen LogP contribution in [0.15, 0.2) is 65.7 Å². The summed E-state index contributed by atoms with van der Waals surface area (Å²) >= 11 is 0. The molecular formula is C17H19N. The molecule has 1 heteroatoms. The van der Waals surface area contributed by atoms with Crippen LogP contribution in [0.1, 0.15) is 37.4 Å². The fourth-order valence-corrected chi connectivity index (χ4v) is 2.06. The van der Waals surface area contributed by atoms with Gasteiger partial charge in [0.05, 0.1) is 6.04 Å². The average Bonchev–Trinajstić information content (AvgIpc) is 2.46. The molecule has 2 aromatic rings. The van der Waals surface area contributed by atoms with Crippen molar-refractivity contribution in [1.29, 1.82) is 0 Å². The first-order chi connectivity index (χ1) is 8.81. The van der Waals surface area contributed by atoms with E-state index in [0.717, 1.165) is 12.1 Å². The van der Waals surface area contributed by atoms with E-state index in [4.69, 9.17) is 4.99 Å². The molecule has 1 atom stereocenters. The molecule has 92 valence electrons. The molecule has 0 aromatic heterocycles. The van der Waals surface area contributed by atoms with Crippen LogP contribution in [0.2, 0.25) is 0 Å².